The van der Waals surface area contributed by atoms with Crippen molar-refractivity contribution in [2.24, 2.45) is 0 Å². The number of carbonyl (C=O) groups excluding carboxylic acids is 1. The van der Waals surface area contributed by atoms with Crippen LogP contribution in [0.5, 0.6) is 5.75 Å². The molecule has 1 amide bonds. The Balaban J connectivity index is 1.74. The average molecular weight is 311 g/mol. The highest BCUT2D eigenvalue weighted by Gasteiger charge is 2.33. The van der Waals surface area contributed by atoms with E-state index in [9.17, 15) is 4.79 Å². The summed E-state index contributed by atoms with van der Waals surface area (Å²) in [7, 11) is 1.66. The first-order valence-electron chi connectivity index (χ1n) is 7.80. The quantitative estimate of drug-likeness (QED) is 0.944. The summed E-state index contributed by atoms with van der Waals surface area (Å²) in [4.78, 5) is 12.6. The van der Waals surface area contributed by atoms with Crippen LogP contribution < -0.4 is 10.1 Å². The second-order valence-electron chi connectivity index (χ2n) is 5.75. The third kappa shape index (κ3) is 3.22. The van der Waals surface area contributed by atoms with Crippen LogP contribution in [0.25, 0.3) is 0 Å². The van der Waals surface area contributed by atoms with Crippen molar-refractivity contribution in [2.45, 2.75) is 25.0 Å². The van der Waals surface area contributed by atoms with Gasteiger partial charge in [-0.25, -0.2) is 0 Å². The first kappa shape index (κ1) is 15.6. The second-order valence-corrected chi connectivity index (χ2v) is 5.75. The third-order valence-corrected chi connectivity index (χ3v) is 4.28. The molecule has 0 saturated heterocycles. The van der Waals surface area contributed by atoms with Crippen LogP contribution in [-0.2, 0) is 9.53 Å². The predicted octanol–water partition coefficient (Wildman–Crippen LogP) is 3.06. The number of para-hydroxylation sites is 1. The number of rotatable bonds is 4. The van der Waals surface area contributed by atoms with Crippen LogP contribution in [-0.4, -0.2) is 25.7 Å². The highest BCUT2D eigenvalue weighted by atomic mass is 16.5. The van der Waals surface area contributed by atoms with Gasteiger partial charge in [-0.2, -0.15) is 0 Å². The number of carbonyl (C=O) groups is 1. The summed E-state index contributed by atoms with van der Waals surface area (Å²) in [5, 5.41) is 3.07. The molecule has 0 radical (unpaired) electrons. The smallest absolute Gasteiger partial charge is 0.227 e. The molecular weight excluding hydrogens is 290 g/mol. The monoisotopic (exact) mass is 311 g/mol. The molecule has 120 valence electrons. The van der Waals surface area contributed by atoms with Gasteiger partial charge in [-0.1, -0.05) is 48.5 Å². The van der Waals surface area contributed by atoms with E-state index in [1.54, 1.807) is 7.11 Å². The van der Waals surface area contributed by atoms with E-state index in [-0.39, 0.29) is 24.0 Å². The van der Waals surface area contributed by atoms with Gasteiger partial charge in [-0.15, -0.1) is 0 Å². The van der Waals surface area contributed by atoms with Gasteiger partial charge in [0.1, 0.15) is 18.5 Å². The average Bonchev–Trinajstić information content (AvgIpc) is 2.61. The lowest BCUT2D eigenvalue weighted by Gasteiger charge is -2.33. The summed E-state index contributed by atoms with van der Waals surface area (Å²) < 4.78 is 11.4. The maximum absolute atomic E-state index is 12.6. The molecule has 0 saturated carbocycles. The molecule has 0 unspecified atom stereocenters. The van der Waals surface area contributed by atoms with Crippen molar-refractivity contribution < 1.29 is 14.3 Å². The Morgan fingerprint density at radius 2 is 1.87 bits per heavy atom. The summed E-state index contributed by atoms with van der Waals surface area (Å²) >= 11 is 0. The standard InChI is InChI=1S/C19H21NO3/c1-13(14-8-4-3-5-9-14)19(21)20-16-12-23-17-11-7-6-10-15(17)18(16)22-2/h3-11,13,16,18H,12H2,1-2H3,(H,20,21)/t13-,16-,18-/m0/s1. The Kier molecular flexibility index (Phi) is 4.63. The normalized spacial score (nSPS) is 21.0. The molecule has 2 aromatic rings. The molecule has 1 aliphatic heterocycles. The highest BCUT2D eigenvalue weighted by molar-refractivity contribution is 5.83. The topological polar surface area (TPSA) is 47.6 Å². The molecule has 2 aromatic carbocycles. The third-order valence-electron chi connectivity index (χ3n) is 4.28. The van der Waals surface area contributed by atoms with Gasteiger partial charge in [0, 0.05) is 12.7 Å². The molecule has 0 aliphatic carbocycles. The van der Waals surface area contributed by atoms with Crippen molar-refractivity contribution in [3.8, 4) is 5.75 Å². The van der Waals surface area contributed by atoms with Crippen LogP contribution in [0.4, 0.5) is 0 Å². The van der Waals surface area contributed by atoms with Crippen LogP contribution in [0.15, 0.2) is 54.6 Å². The van der Waals surface area contributed by atoms with Gasteiger partial charge in [0.2, 0.25) is 5.91 Å². The molecule has 1 N–H and O–H groups in total. The van der Waals surface area contributed by atoms with E-state index in [0.29, 0.717) is 6.61 Å². The van der Waals surface area contributed by atoms with E-state index >= 15 is 0 Å². The molecule has 0 spiro atoms. The van der Waals surface area contributed by atoms with E-state index < -0.39 is 0 Å². The Hall–Kier alpha value is -2.33. The van der Waals surface area contributed by atoms with E-state index in [4.69, 9.17) is 9.47 Å². The summed E-state index contributed by atoms with van der Waals surface area (Å²) in [5.41, 5.74) is 1.97. The molecular formula is C19H21NO3. The van der Waals surface area contributed by atoms with Crippen molar-refractivity contribution in [3.05, 3.63) is 65.7 Å². The van der Waals surface area contributed by atoms with Crippen molar-refractivity contribution in [1.82, 2.24) is 5.32 Å². The predicted molar refractivity (Wildman–Crippen MR) is 88.5 cm³/mol. The fourth-order valence-corrected chi connectivity index (χ4v) is 2.94. The van der Waals surface area contributed by atoms with Gasteiger partial charge in [-0.05, 0) is 18.6 Å². The minimum Gasteiger partial charge on any atom is -0.491 e. The summed E-state index contributed by atoms with van der Waals surface area (Å²) in [5.74, 6) is 0.582. The zero-order valence-corrected chi connectivity index (χ0v) is 13.4. The van der Waals surface area contributed by atoms with Gasteiger partial charge < -0.3 is 14.8 Å². The van der Waals surface area contributed by atoms with Gasteiger partial charge in [0.15, 0.2) is 0 Å². The van der Waals surface area contributed by atoms with E-state index in [1.807, 2.05) is 61.5 Å². The lowest BCUT2D eigenvalue weighted by Crippen LogP contribution is -2.47. The minimum absolute atomic E-state index is 0.0220. The van der Waals surface area contributed by atoms with Crippen LogP contribution in [0.1, 0.15) is 30.1 Å². The van der Waals surface area contributed by atoms with Crippen LogP contribution in [0.3, 0.4) is 0 Å². The number of benzene rings is 2. The molecule has 23 heavy (non-hydrogen) atoms. The van der Waals surface area contributed by atoms with Crippen LogP contribution in [0.2, 0.25) is 0 Å². The molecule has 1 aliphatic rings. The van der Waals surface area contributed by atoms with Crippen LogP contribution >= 0.6 is 0 Å². The summed E-state index contributed by atoms with van der Waals surface area (Å²) in [6.45, 7) is 2.31. The zero-order chi connectivity index (χ0) is 16.2. The van der Waals surface area contributed by atoms with Gasteiger partial charge in [0.25, 0.3) is 0 Å². The van der Waals surface area contributed by atoms with E-state index in [0.717, 1.165) is 16.9 Å². The lowest BCUT2D eigenvalue weighted by atomic mass is 9.96. The van der Waals surface area contributed by atoms with E-state index in [2.05, 4.69) is 5.32 Å². The number of hydrogen-bond donors (Lipinski definition) is 1. The maximum atomic E-state index is 12.6. The fraction of sp³-hybridized carbons (Fsp3) is 0.316. The van der Waals surface area contributed by atoms with Crippen molar-refractivity contribution in [3.63, 3.8) is 0 Å². The molecule has 0 fully saturated rings. The molecule has 3 atom stereocenters. The molecule has 4 heteroatoms. The van der Waals surface area contributed by atoms with E-state index in [1.165, 1.54) is 0 Å². The number of methoxy groups -OCH3 is 1. The van der Waals surface area contributed by atoms with Gasteiger partial charge >= 0.3 is 0 Å². The molecule has 3 rings (SSSR count). The number of amides is 1. The molecule has 4 nitrogen and oxygen atoms in total. The summed E-state index contributed by atoms with van der Waals surface area (Å²) in [6, 6.07) is 17.3. The second kappa shape index (κ2) is 6.84. The Bertz CT molecular complexity index is 671. The molecule has 1 heterocycles. The molecule has 0 bridgehead atoms. The minimum atomic E-state index is -0.217. The van der Waals surface area contributed by atoms with Gasteiger partial charge in [0.05, 0.1) is 12.0 Å². The van der Waals surface area contributed by atoms with Gasteiger partial charge in [-0.3, -0.25) is 4.79 Å². The first-order chi connectivity index (χ1) is 11.2. The van der Waals surface area contributed by atoms with Crippen LogP contribution in [0, 0.1) is 0 Å². The van der Waals surface area contributed by atoms with Crippen molar-refractivity contribution >= 4 is 5.91 Å². The fourth-order valence-electron chi connectivity index (χ4n) is 2.94. The lowest BCUT2D eigenvalue weighted by molar-refractivity contribution is -0.124. The maximum Gasteiger partial charge on any atom is 0.227 e. The molecule has 0 aromatic heterocycles. The summed E-state index contributed by atoms with van der Waals surface area (Å²) in [6.07, 6.45) is -0.202. The zero-order valence-electron chi connectivity index (χ0n) is 13.4. The first-order valence-corrected chi connectivity index (χ1v) is 7.80. The number of fused-ring (bicyclic) bond motifs is 1. The van der Waals surface area contributed by atoms with Crippen molar-refractivity contribution in [2.75, 3.05) is 13.7 Å². The Morgan fingerprint density at radius 1 is 1.17 bits per heavy atom. The number of ether oxygens (including phenoxy) is 2. The largest absolute Gasteiger partial charge is 0.491 e. The number of nitrogens with one attached hydrogen (secondary N) is 1. The number of hydrogen-bond acceptors (Lipinski definition) is 3. The highest BCUT2D eigenvalue weighted by Crippen LogP contribution is 2.34. The Morgan fingerprint density at radius 3 is 2.61 bits per heavy atom. The SMILES string of the molecule is CO[C@H]1c2ccccc2OC[C@@H]1NC(=O)[C@@H](C)c1ccccc1. The van der Waals surface area contributed by atoms with Crippen molar-refractivity contribution in [1.29, 1.82) is 0 Å². The Labute approximate surface area is 136 Å².